The Morgan fingerprint density at radius 1 is 1.37 bits per heavy atom. The van der Waals surface area contributed by atoms with Gasteiger partial charge in [-0.15, -0.1) is 11.3 Å². The van der Waals surface area contributed by atoms with E-state index in [4.69, 9.17) is 4.74 Å². The van der Waals surface area contributed by atoms with E-state index in [1.165, 1.54) is 11.3 Å². The standard InChI is InChI=1S/C23H31N3O3S/c1-6-23(4,5)16-7-8-19-18(11-16)26(21(27)13-29-19)12-20-25-17(14-30-20)22(28)24-10-9-15(2)3/h7-8,11,14-15H,6,9-10,12-13H2,1-5H3,(H,24,28). The first-order chi connectivity index (χ1) is 14.2. The molecule has 7 heteroatoms. The van der Waals surface area contributed by atoms with Crippen LogP contribution in [0.5, 0.6) is 5.75 Å². The van der Waals surface area contributed by atoms with E-state index in [0.29, 0.717) is 30.5 Å². The van der Waals surface area contributed by atoms with Crippen LogP contribution in [0.15, 0.2) is 23.6 Å². The molecule has 0 saturated heterocycles. The van der Waals surface area contributed by atoms with Crippen LogP contribution in [0.25, 0.3) is 0 Å². The molecule has 1 N–H and O–H groups in total. The van der Waals surface area contributed by atoms with Gasteiger partial charge in [-0.1, -0.05) is 40.7 Å². The first-order valence-electron chi connectivity index (χ1n) is 10.5. The van der Waals surface area contributed by atoms with Gasteiger partial charge >= 0.3 is 0 Å². The van der Waals surface area contributed by atoms with Crippen LogP contribution in [0.1, 0.15) is 68.5 Å². The molecule has 0 unspecified atom stereocenters. The zero-order chi connectivity index (χ0) is 21.9. The third-order valence-electron chi connectivity index (χ3n) is 5.65. The SMILES string of the molecule is CCC(C)(C)c1ccc2c(c1)N(Cc1nc(C(=O)NCCC(C)C)cs1)C(=O)CO2. The zero-order valence-corrected chi connectivity index (χ0v) is 19.3. The molecule has 0 saturated carbocycles. The van der Waals surface area contributed by atoms with Gasteiger partial charge in [0.05, 0.1) is 12.2 Å². The van der Waals surface area contributed by atoms with Gasteiger partial charge in [-0.3, -0.25) is 14.5 Å². The number of hydrogen-bond acceptors (Lipinski definition) is 5. The Balaban J connectivity index is 1.78. The maximum Gasteiger partial charge on any atom is 0.270 e. The van der Waals surface area contributed by atoms with Gasteiger partial charge in [-0.2, -0.15) is 0 Å². The quantitative estimate of drug-likeness (QED) is 0.669. The van der Waals surface area contributed by atoms with E-state index in [-0.39, 0.29) is 23.8 Å². The molecule has 2 amide bonds. The van der Waals surface area contributed by atoms with Gasteiger partial charge in [0.2, 0.25) is 0 Å². The Morgan fingerprint density at radius 2 is 2.13 bits per heavy atom. The van der Waals surface area contributed by atoms with E-state index < -0.39 is 0 Å². The number of carbonyl (C=O) groups is 2. The van der Waals surface area contributed by atoms with Gasteiger partial charge in [0.25, 0.3) is 11.8 Å². The van der Waals surface area contributed by atoms with Crippen molar-refractivity contribution >= 4 is 28.8 Å². The van der Waals surface area contributed by atoms with Crippen molar-refractivity contribution in [3.8, 4) is 5.75 Å². The van der Waals surface area contributed by atoms with E-state index in [2.05, 4.69) is 51.0 Å². The lowest BCUT2D eigenvalue weighted by Gasteiger charge is -2.31. The van der Waals surface area contributed by atoms with Crippen LogP contribution in [0.2, 0.25) is 0 Å². The second kappa shape index (κ2) is 9.16. The minimum absolute atomic E-state index is 0.00359. The molecule has 2 heterocycles. The minimum atomic E-state index is -0.168. The Morgan fingerprint density at radius 3 is 2.83 bits per heavy atom. The number of thiazole rings is 1. The molecule has 1 aromatic carbocycles. The van der Waals surface area contributed by atoms with Crippen LogP contribution in [0.3, 0.4) is 0 Å². The maximum atomic E-state index is 12.6. The molecule has 6 nitrogen and oxygen atoms in total. The smallest absolute Gasteiger partial charge is 0.270 e. The topological polar surface area (TPSA) is 71.5 Å². The van der Waals surface area contributed by atoms with Crippen molar-refractivity contribution in [3.63, 3.8) is 0 Å². The molecule has 0 radical (unpaired) electrons. The van der Waals surface area contributed by atoms with Gasteiger partial charge in [0.15, 0.2) is 6.61 Å². The van der Waals surface area contributed by atoms with E-state index in [1.807, 2.05) is 12.1 Å². The predicted molar refractivity (Wildman–Crippen MR) is 120 cm³/mol. The molecule has 3 rings (SSSR count). The third kappa shape index (κ3) is 5.01. The monoisotopic (exact) mass is 429 g/mol. The van der Waals surface area contributed by atoms with Crippen LogP contribution >= 0.6 is 11.3 Å². The number of nitrogens with zero attached hydrogens (tertiary/aromatic N) is 2. The van der Waals surface area contributed by atoms with Gasteiger partial charge < -0.3 is 10.1 Å². The van der Waals surface area contributed by atoms with Gasteiger partial charge in [-0.05, 0) is 41.9 Å². The summed E-state index contributed by atoms with van der Waals surface area (Å²) < 4.78 is 5.64. The summed E-state index contributed by atoms with van der Waals surface area (Å²) in [5.41, 5.74) is 2.34. The fourth-order valence-corrected chi connectivity index (χ4v) is 3.95. The van der Waals surface area contributed by atoms with Crippen molar-refractivity contribution in [1.82, 2.24) is 10.3 Å². The molecule has 0 atom stereocenters. The van der Waals surface area contributed by atoms with Crippen molar-refractivity contribution in [2.75, 3.05) is 18.1 Å². The lowest BCUT2D eigenvalue weighted by atomic mass is 9.82. The first-order valence-corrected chi connectivity index (χ1v) is 11.4. The molecule has 2 aromatic rings. The summed E-state index contributed by atoms with van der Waals surface area (Å²) in [6.45, 7) is 11.8. The predicted octanol–water partition coefficient (Wildman–Crippen LogP) is 4.53. The van der Waals surface area contributed by atoms with Crippen molar-refractivity contribution in [1.29, 1.82) is 0 Å². The van der Waals surface area contributed by atoms with Crippen LogP contribution in [-0.2, 0) is 16.8 Å². The Bertz CT molecular complexity index is 920. The van der Waals surface area contributed by atoms with Crippen LogP contribution in [0, 0.1) is 5.92 Å². The van der Waals surface area contributed by atoms with Gasteiger partial charge in [-0.25, -0.2) is 4.98 Å². The number of amides is 2. The fourth-order valence-electron chi connectivity index (χ4n) is 3.19. The highest BCUT2D eigenvalue weighted by molar-refractivity contribution is 7.09. The number of rotatable bonds is 8. The van der Waals surface area contributed by atoms with E-state index >= 15 is 0 Å². The zero-order valence-electron chi connectivity index (χ0n) is 18.4. The first kappa shape index (κ1) is 22.3. The minimum Gasteiger partial charge on any atom is -0.482 e. The largest absolute Gasteiger partial charge is 0.482 e. The number of benzene rings is 1. The fraction of sp³-hybridized carbons (Fsp3) is 0.522. The lowest BCUT2D eigenvalue weighted by molar-refractivity contribution is -0.121. The molecular formula is C23H31N3O3S. The Labute approximate surface area is 182 Å². The Kier molecular flexibility index (Phi) is 6.81. The summed E-state index contributed by atoms with van der Waals surface area (Å²) >= 11 is 1.40. The number of aromatic nitrogens is 1. The molecular weight excluding hydrogens is 398 g/mol. The van der Waals surface area contributed by atoms with E-state index in [9.17, 15) is 9.59 Å². The van der Waals surface area contributed by atoms with Crippen molar-refractivity contribution < 1.29 is 14.3 Å². The summed E-state index contributed by atoms with van der Waals surface area (Å²) in [6.07, 6.45) is 1.92. The Hall–Kier alpha value is -2.41. The number of anilines is 1. The second-order valence-corrected chi connectivity index (χ2v) is 9.70. The molecule has 30 heavy (non-hydrogen) atoms. The summed E-state index contributed by atoms with van der Waals surface area (Å²) in [7, 11) is 0. The molecule has 0 spiro atoms. The number of ether oxygens (including phenoxy) is 1. The van der Waals surface area contributed by atoms with Crippen molar-refractivity contribution in [3.05, 3.63) is 39.8 Å². The summed E-state index contributed by atoms with van der Waals surface area (Å²) in [5, 5.41) is 5.39. The van der Waals surface area contributed by atoms with Crippen LogP contribution in [0.4, 0.5) is 5.69 Å². The highest BCUT2D eigenvalue weighted by Crippen LogP contribution is 2.38. The highest BCUT2D eigenvalue weighted by atomic mass is 32.1. The normalized spacial score (nSPS) is 13.9. The number of hydrogen-bond donors (Lipinski definition) is 1. The molecule has 1 aliphatic heterocycles. The summed E-state index contributed by atoms with van der Waals surface area (Å²) in [5.74, 6) is 0.964. The average molecular weight is 430 g/mol. The molecule has 0 bridgehead atoms. The average Bonchev–Trinajstić information content (AvgIpc) is 3.18. The molecule has 1 aromatic heterocycles. The molecule has 0 aliphatic carbocycles. The summed E-state index contributed by atoms with van der Waals surface area (Å²) in [4.78, 5) is 31.1. The van der Waals surface area contributed by atoms with Gasteiger partial charge in [0.1, 0.15) is 16.5 Å². The van der Waals surface area contributed by atoms with E-state index in [1.54, 1.807) is 10.3 Å². The molecule has 0 fully saturated rings. The summed E-state index contributed by atoms with van der Waals surface area (Å²) in [6, 6.07) is 6.05. The molecule has 162 valence electrons. The van der Waals surface area contributed by atoms with E-state index in [0.717, 1.165) is 29.1 Å². The van der Waals surface area contributed by atoms with Crippen molar-refractivity contribution in [2.45, 2.75) is 59.4 Å². The number of carbonyl (C=O) groups excluding carboxylic acids is 2. The second-order valence-electron chi connectivity index (χ2n) is 8.75. The van der Waals surface area contributed by atoms with Crippen LogP contribution < -0.4 is 15.0 Å². The third-order valence-corrected chi connectivity index (χ3v) is 6.49. The van der Waals surface area contributed by atoms with Crippen LogP contribution in [-0.4, -0.2) is 29.9 Å². The lowest BCUT2D eigenvalue weighted by Crippen LogP contribution is -2.38. The maximum absolute atomic E-state index is 12.6. The van der Waals surface area contributed by atoms with Gasteiger partial charge in [0, 0.05) is 11.9 Å². The number of nitrogens with one attached hydrogen (secondary N) is 1. The van der Waals surface area contributed by atoms with Crippen molar-refractivity contribution in [2.24, 2.45) is 5.92 Å². The highest BCUT2D eigenvalue weighted by Gasteiger charge is 2.29. The molecule has 1 aliphatic rings. The number of fused-ring (bicyclic) bond motifs is 1.